The van der Waals surface area contributed by atoms with Crippen molar-refractivity contribution in [3.8, 4) is 0 Å². The molecule has 4 amide bonds. The second kappa shape index (κ2) is 10.6. The highest BCUT2D eigenvalue weighted by Gasteiger charge is 2.68. The number of rotatable bonds is 10. The van der Waals surface area contributed by atoms with Crippen molar-refractivity contribution in [2.45, 2.75) is 37.5 Å². The quantitative estimate of drug-likeness (QED) is 0.117. The average molecular weight is 553 g/mol. The summed E-state index contributed by atoms with van der Waals surface area (Å²) in [6, 6.07) is 9.48. The lowest BCUT2D eigenvalue weighted by atomic mass is 9.88. The predicted octanol–water partition coefficient (Wildman–Crippen LogP) is 0.285. The Labute approximate surface area is 228 Å². The third-order valence-corrected chi connectivity index (χ3v) is 6.91. The van der Waals surface area contributed by atoms with Crippen LogP contribution in [0.1, 0.15) is 31.4 Å². The molecular formula is C26H28N6O8. The van der Waals surface area contributed by atoms with Crippen LogP contribution in [-0.4, -0.2) is 80.2 Å². The standard InChI is InChI=1S/C26H28N6O8/c1-14(33)26(23(38)39,31(17-7-5-4-6-8-17)21(36)18(27)13-19(34)35)32-22(37)25(2,30(3)24(32)40)16-11-9-15(10-12-16)20(28)29/h4-12,18H,13,27H2,1-3H3,(H3,28,29)(H,34,35)(H,38,39)/t18-,25+,26-/m0/s1. The maximum atomic E-state index is 14.1. The van der Waals surface area contributed by atoms with Gasteiger partial charge >= 0.3 is 18.0 Å². The molecule has 1 aliphatic rings. The van der Waals surface area contributed by atoms with Gasteiger partial charge in [0.1, 0.15) is 11.4 Å². The molecule has 1 heterocycles. The van der Waals surface area contributed by atoms with E-state index in [1.54, 1.807) is 0 Å². The van der Waals surface area contributed by atoms with E-state index in [0.717, 1.165) is 11.8 Å². The SMILES string of the molecule is CC(=O)[C@@](C(=O)O)(N1C(=O)N(C)[C@](C)(c2ccc(C(=N)N)cc2)C1=O)N(C(=O)[C@@H](N)CC(=O)O)c1ccccc1. The number of nitrogens with zero attached hydrogens (tertiary/aromatic N) is 3. The minimum Gasteiger partial charge on any atom is -0.481 e. The molecule has 1 fully saturated rings. The minimum absolute atomic E-state index is 0.189. The zero-order chi connectivity index (χ0) is 30.2. The van der Waals surface area contributed by atoms with E-state index in [2.05, 4.69) is 0 Å². The van der Waals surface area contributed by atoms with Crippen molar-refractivity contribution in [1.82, 2.24) is 9.80 Å². The highest BCUT2D eigenvalue weighted by molar-refractivity contribution is 6.24. The van der Waals surface area contributed by atoms with Crippen molar-refractivity contribution < 1.29 is 39.0 Å². The van der Waals surface area contributed by atoms with Crippen LogP contribution in [0.4, 0.5) is 10.5 Å². The van der Waals surface area contributed by atoms with E-state index in [1.165, 1.54) is 68.6 Å². The van der Waals surface area contributed by atoms with Gasteiger partial charge in [-0.25, -0.2) is 14.5 Å². The van der Waals surface area contributed by atoms with Crippen molar-refractivity contribution in [3.05, 3.63) is 65.7 Å². The Morgan fingerprint density at radius 2 is 1.60 bits per heavy atom. The number of carboxylic acid groups (broad SMARTS) is 2. The number of benzene rings is 2. The third-order valence-electron chi connectivity index (χ3n) is 6.91. The molecule has 2 aromatic carbocycles. The molecule has 7 N–H and O–H groups in total. The Bertz CT molecular complexity index is 1400. The monoisotopic (exact) mass is 552 g/mol. The molecule has 0 radical (unpaired) electrons. The molecule has 3 atom stereocenters. The van der Waals surface area contributed by atoms with Crippen LogP contribution in [0, 0.1) is 5.41 Å². The summed E-state index contributed by atoms with van der Waals surface area (Å²) in [4.78, 5) is 80.8. The topological polar surface area (TPSA) is 228 Å². The van der Waals surface area contributed by atoms with E-state index >= 15 is 0 Å². The summed E-state index contributed by atoms with van der Waals surface area (Å²) in [7, 11) is 1.22. The van der Waals surface area contributed by atoms with Crippen LogP contribution >= 0.6 is 0 Å². The van der Waals surface area contributed by atoms with Crippen LogP contribution in [0.25, 0.3) is 0 Å². The molecule has 210 valence electrons. The molecule has 1 aliphatic heterocycles. The van der Waals surface area contributed by atoms with Gasteiger partial charge in [0.15, 0.2) is 5.78 Å². The van der Waals surface area contributed by atoms with Crippen LogP contribution in [0.2, 0.25) is 0 Å². The number of nitrogens with one attached hydrogen (secondary N) is 1. The average Bonchev–Trinajstić information content (AvgIpc) is 3.07. The number of ketones is 1. The van der Waals surface area contributed by atoms with Gasteiger partial charge in [0.05, 0.1) is 12.5 Å². The van der Waals surface area contributed by atoms with Gasteiger partial charge in [-0.15, -0.1) is 0 Å². The van der Waals surface area contributed by atoms with Gasteiger partial charge < -0.3 is 26.6 Å². The number of Topliss-reactive ketones (excluding diaryl/α,β-unsaturated/α-hetero) is 1. The number of imide groups is 1. The van der Waals surface area contributed by atoms with Crippen LogP contribution in [-0.2, 0) is 29.5 Å². The first-order valence-corrected chi connectivity index (χ1v) is 11.8. The van der Waals surface area contributed by atoms with E-state index in [1.807, 2.05) is 0 Å². The fourth-order valence-corrected chi connectivity index (χ4v) is 4.61. The molecule has 2 aromatic rings. The van der Waals surface area contributed by atoms with Crippen LogP contribution < -0.4 is 16.4 Å². The lowest BCUT2D eigenvalue weighted by Gasteiger charge is -2.43. The number of anilines is 1. The summed E-state index contributed by atoms with van der Waals surface area (Å²) in [6.07, 6.45) is -0.933. The van der Waals surface area contributed by atoms with Crippen molar-refractivity contribution in [1.29, 1.82) is 5.41 Å². The Kier molecular flexibility index (Phi) is 7.78. The second-order valence-electron chi connectivity index (χ2n) is 9.29. The van der Waals surface area contributed by atoms with E-state index in [0.29, 0.717) is 10.5 Å². The number of carbonyl (C=O) groups is 6. The highest BCUT2D eigenvalue weighted by atomic mass is 16.4. The van der Waals surface area contributed by atoms with E-state index in [-0.39, 0.29) is 22.0 Å². The fourth-order valence-electron chi connectivity index (χ4n) is 4.61. The smallest absolute Gasteiger partial charge is 0.360 e. The van der Waals surface area contributed by atoms with Crippen molar-refractivity contribution >= 4 is 47.1 Å². The van der Waals surface area contributed by atoms with Gasteiger partial charge in [-0.2, -0.15) is 0 Å². The molecule has 0 aromatic heterocycles. The lowest BCUT2D eigenvalue weighted by Crippen LogP contribution is -2.74. The van der Waals surface area contributed by atoms with Gasteiger partial charge in [-0.3, -0.25) is 29.5 Å². The number of likely N-dealkylation sites (N-methyl/N-ethyl adjacent to an activating group) is 1. The number of hydrogen-bond acceptors (Lipinski definition) is 8. The van der Waals surface area contributed by atoms with Gasteiger partial charge in [0.2, 0.25) is 5.91 Å². The number of hydrogen-bond donors (Lipinski definition) is 5. The minimum atomic E-state index is -3.28. The summed E-state index contributed by atoms with van der Waals surface area (Å²) < 4.78 is 0. The fraction of sp³-hybridized carbons (Fsp3) is 0.269. The Balaban J connectivity index is 2.32. The molecule has 1 saturated heterocycles. The zero-order valence-corrected chi connectivity index (χ0v) is 21.8. The number of para-hydroxylation sites is 1. The van der Waals surface area contributed by atoms with Gasteiger partial charge in [0.25, 0.3) is 11.6 Å². The molecule has 14 heteroatoms. The Hall–Kier alpha value is -5.11. The van der Waals surface area contributed by atoms with Gasteiger partial charge in [-0.05, 0) is 31.5 Å². The van der Waals surface area contributed by atoms with E-state index in [4.69, 9.17) is 16.9 Å². The predicted molar refractivity (Wildman–Crippen MR) is 140 cm³/mol. The summed E-state index contributed by atoms with van der Waals surface area (Å²) in [6.45, 7) is 2.12. The number of aliphatic carboxylic acids is 2. The van der Waals surface area contributed by atoms with E-state index in [9.17, 15) is 39.0 Å². The van der Waals surface area contributed by atoms with Crippen LogP contribution in [0.15, 0.2) is 54.6 Å². The number of amidine groups is 1. The number of nitrogens with two attached hydrogens (primary N) is 2. The lowest BCUT2D eigenvalue weighted by molar-refractivity contribution is -0.162. The van der Waals surface area contributed by atoms with Crippen molar-refractivity contribution in [3.63, 3.8) is 0 Å². The molecule has 0 saturated carbocycles. The molecule has 0 aliphatic carbocycles. The normalized spacial score (nSPS) is 19.1. The molecule has 40 heavy (non-hydrogen) atoms. The summed E-state index contributed by atoms with van der Waals surface area (Å²) in [5, 5.41) is 27.4. The summed E-state index contributed by atoms with van der Waals surface area (Å²) in [5.41, 5.74) is 6.47. The number of urea groups is 1. The van der Waals surface area contributed by atoms with Crippen LogP contribution in [0.3, 0.4) is 0 Å². The van der Waals surface area contributed by atoms with Gasteiger partial charge in [0, 0.05) is 18.3 Å². The molecule has 0 unspecified atom stereocenters. The maximum absolute atomic E-state index is 14.1. The first-order chi connectivity index (χ1) is 18.6. The Morgan fingerprint density at radius 3 is 2.05 bits per heavy atom. The number of nitrogen functional groups attached to an aromatic ring is 1. The summed E-state index contributed by atoms with van der Waals surface area (Å²) >= 11 is 0. The van der Waals surface area contributed by atoms with Gasteiger partial charge in [-0.1, -0.05) is 42.5 Å². The third kappa shape index (κ3) is 4.43. The van der Waals surface area contributed by atoms with Crippen molar-refractivity contribution in [2.75, 3.05) is 11.9 Å². The highest BCUT2D eigenvalue weighted by Crippen LogP contribution is 2.42. The largest absolute Gasteiger partial charge is 0.481 e. The number of amides is 4. The van der Waals surface area contributed by atoms with Crippen molar-refractivity contribution in [2.24, 2.45) is 11.5 Å². The second-order valence-corrected chi connectivity index (χ2v) is 9.29. The van der Waals surface area contributed by atoms with Crippen LogP contribution in [0.5, 0.6) is 0 Å². The number of carboxylic acids is 2. The molecule has 0 spiro atoms. The molecule has 0 bridgehead atoms. The number of carbonyl (C=O) groups excluding carboxylic acids is 4. The Morgan fingerprint density at radius 1 is 1.05 bits per heavy atom. The molecule has 3 rings (SSSR count). The first-order valence-electron chi connectivity index (χ1n) is 11.8. The summed E-state index contributed by atoms with van der Waals surface area (Å²) in [5.74, 6) is -7.57. The van der Waals surface area contributed by atoms with E-state index < -0.39 is 59.2 Å². The zero-order valence-electron chi connectivity index (χ0n) is 21.8. The molecular weight excluding hydrogens is 524 g/mol. The maximum Gasteiger partial charge on any atom is 0.360 e. The molecule has 14 nitrogen and oxygen atoms in total. The first kappa shape index (κ1) is 29.4.